The summed E-state index contributed by atoms with van der Waals surface area (Å²) in [4.78, 5) is 20.7. The van der Waals surface area contributed by atoms with Crippen LogP contribution in [0.1, 0.15) is 28.0 Å². The summed E-state index contributed by atoms with van der Waals surface area (Å²) < 4.78 is 5.14. The van der Waals surface area contributed by atoms with E-state index in [9.17, 15) is 4.79 Å². The van der Waals surface area contributed by atoms with Gasteiger partial charge in [0.25, 0.3) is 5.91 Å². The lowest BCUT2D eigenvalue weighted by Gasteiger charge is -2.07. The number of carbonyl (C=O) groups is 1. The minimum Gasteiger partial charge on any atom is -0.497 e. The first-order valence-electron chi connectivity index (χ1n) is 9.75. The molecule has 0 aliphatic heterocycles. The van der Waals surface area contributed by atoms with Crippen molar-refractivity contribution >= 4 is 11.7 Å². The molecule has 0 saturated carbocycles. The van der Waals surface area contributed by atoms with Gasteiger partial charge in [-0.25, -0.2) is 9.97 Å². The Hall–Kier alpha value is -3.41. The van der Waals surface area contributed by atoms with E-state index < -0.39 is 0 Å². The third-order valence-corrected chi connectivity index (χ3v) is 4.53. The molecule has 3 rings (SSSR count). The third-order valence-electron chi connectivity index (χ3n) is 4.53. The smallest absolute Gasteiger partial charge is 0.271 e. The number of benzene rings is 2. The quantitative estimate of drug-likeness (QED) is 0.518. The highest BCUT2D eigenvalue weighted by atomic mass is 16.5. The summed E-state index contributed by atoms with van der Waals surface area (Å²) in [5.74, 6) is 1.27. The van der Waals surface area contributed by atoms with Crippen molar-refractivity contribution in [1.29, 1.82) is 0 Å². The van der Waals surface area contributed by atoms with Gasteiger partial charge in [-0.2, -0.15) is 0 Å². The van der Waals surface area contributed by atoms with Crippen LogP contribution in [0.5, 0.6) is 5.75 Å². The lowest BCUT2D eigenvalue weighted by Crippen LogP contribution is -2.26. The summed E-state index contributed by atoms with van der Waals surface area (Å²) in [5, 5.41) is 6.11. The van der Waals surface area contributed by atoms with E-state index in [0.29, 0.717) is 18.1 Å². The van der Waals surface area contributed by atoms with E-state index in [-0.39, 0.29) is 5.91 Å². The summed E-state index contributed by atoms with van der Waals surface area (Å²) in [6, 6.07) is 18.2. The van der Waals surface area contributed by atoms with E-state index in [1.54, 1.807) is 13.3 Å². The number of aryl methyl sites for hydroxylation is 1. The van der Waals surface area contributed by atoms with Gasteiger partial charge in [-0.15, -0.1) is 0 Å². The highest BCUT2D eigenvalue weighted by molar-refractivity contribution is 5.91. The Morgan fingerprint density at radius 3 is 2.34 bits per heavy atom. The minimum absolute atomic E-state index is 0.221. The van der Waals surface area contributed by atoms with Gasteiger partial charge in [-0.3, -0.25) is 4.79 Å². The number of nitrogens with one attached hydrogen (secondary N) is 2. The van der Waals surface area contributed by atoms with Crippen molar-refractivity contribution in [3.63, 3.8) is 0 Å². The number of hydrogen-bond acceptors (Lipinski definition) is 5. The zero-order valence-electron chi connectivity index (χ0n) is 16.6. The number of ether oxygens (including phenoxy) is 1. The molecule has 0 aliphatic rings. The fourth-order valence-electron chi connectivity index (χ4n) is 2.89. The molecular weight excluding hydrogens is 364 g/mol. The average molecular weight is 390 g/mol. The van der Waals surface area contributed by atoms with Crippen molar-refractivity contribution in [1.82, 2.24) is 15.3 Å². The van der Waals surface area contributed by atoms with Crippen molar-refractivity contribution in [3.05, 3.63) is 83.8 Å². The first kappa shape index (κ1) is 20.3. The van der Waals surface area contributed by atoms with Crippen LogP contribution in [0.25, 0.3) is 0 Å². The molecule has 29 heavy (non-hydrogen) atoms. The lowest BCUT2D eigenvalue weighted by atomic mass is 10.1. The largest absolute Gasteiger partial charge is 0.497 e. The molecule has 6 nitrogen and oxygen atoms in total. The van der Waals surface area contributed by atoms with Crippen molar-refractivity contribution < 1.29 is 9.53 Å². The van der Waals surface area contributed by atoms with E-state index in [0.717, 1.165) is 37.1 Å². The SMILES string of the molecule is COc1ccc(CCNC(=O)c2cnc(NCCCc3ccccc3)cn2)cc1. The predicted molar refractivity (Wildman–Crippen MR) is 114 cm³/mol. The van der Waals surface area contributed by atoms with Crippen LogP contribution in [0.2, 0.25) is 0 Å². The molecule has 0 fully saturated rings. The third kappa shape index (κ3) is 6.60. The summed E-state index contributed by atoms with van der Waals surface area (Å²) in [7, 11) is 1.64. The Bertz CT molecular complexity index is 881. The molecule has 1 amide bonds. The van der Waals surface area contributed by atoms with Gasteiger partial charge in [-0.05, 0) is 42.5 Å². The van der Waals surface area contributed by atoms with Crippen molar-refractivity contribution in [3.8, 4) is 5.75 Å². The number of anilines is 1. The monoisotopic (exact) mass is 390 g/mol. The first-order valence-corrected chi connectivity index (χ1v) is 9.75. The molecule has 6 heteroatoms. The van der Waals surface area contributed by atoms with Gasteiger partial charge in [0, 0.05) is 13.1 Å². The molecule has 3 aromatic rings. The van der Waals surface area contributed by atoms with Crippen molar-refractivity contribution in [2.45, 2.75) is 19.3 Å². The fourth-order valence-corrected chi connectivity index (χ4v) is 2.89. The topological polar surface area (TPSA) is 76.1 Å². The Morgan fingerprint density at radius 2 is 1.66 bits per heavy atom. The van der Waals surface area contributed by atoms with Gasteiger partial charge in [0.15, 0.2) is 0 Å². The molecular formula is C23H26N4O2. The predicted octanol–water partition coefficient (Wildman–Crippen LogP) is 3.50. The Balaban J connectivity index is 1.37. The second-order valence-electron chi connectivity index (χ2n) is 6.66. The number of methoxy groups -OCH3 is 1. The highest BCUT2D eigenvalue weighted by Crippen LogP contribution is 2.11. The van der Waals surface area contributed by atoms with Gasteiger partial charge in [-0.1, -0.05) is 42.5 Å². The standard InChI is InChI=1S/C23H26N4O2/c1-29-20-11-9-19(10-12-20)13-15-25-23(28)21-16-27-22(17-26-21)24-14-5-8-18-6-3-2-4-7-18/h2-4,6-7,9-12,16-17H,5,8,13-15H2,1H3,(H,24,27)(H,25,28). The van der Waals surface area contributed by atoms with Crippen LogP contribution < -0.4 is 15.4 Å². The van der Waals surface area contributed by atoms with E-state index in [4.69, 9.17) is 4.74 Å². The molecule has 1 aromatic heterocycles. The number of aromatic nitrogens is 2. The van der Waals surface area contributed by atoms with Gasteiger partial charge in [0.2, 0.25) is 0 Å². The van der Waals surface area contributed by atoms with Crippen molar-refractivity contribution in [2.75, 3.05) is 25.5 Å². The average Bonchev–Trinajstić information content (AvgIpc) is 2.78. The first-order chi connectivity index (χ1) is 14.2. The lowest BCUT2D eigenvalue weighted by molar-refractivity contribution is 0.0949. The summed E-state index contributed by atoms with van der Waals surface area (Å²) in [6.45, 7) is 1.34. The van der Waals surface area contributed by atoms with Crippen LogP contribution in [0, 0.1) is 0 Å². The van der Waals surface area contributed by atoms with E-state index in [1.807, 2.05) is 30.3 Å². The van der Waals surface area contributed by atoms with Crippen LogP contribution in [-0.2, 0) is 12.8 Å². The van der Waals surface area contributed by atoms with Gasteiger partial charge < -0.3 is 15.4 Å². The Labute approximate surface area is 171 Å². The number of rotatable bonds is 10. The zero-order chi connectivity index (χ0) is 20.3. The van der Waals surface area contributed by atoms with Crippen LogP contribution >= 0.6 is 0 Å². The van der Waals surface area contributed by atoms with Crippen LogP contribution in [0.15, 0.2) is 67.0 Å². The van der Waals surface area contributed by atoms with E-state index >= 15 is 0 Å². The van der Waals surface area contributed by atoms with Gasteiger partial charge in [0.05, 0.1) is 19.5 Å². The zero-order valence-corrected chi connectivity index (χ0v) is 16.6. The minimum atomic E-state index is -0.221. The Morgan fingerprint density at radius 1 is 0.897 bits per heavy atom. The maximum absolute atomic E-state index is 12.2. The van der Waals surface area contributed by atoms with Crippen LogP contribution in [-0.4, -0.2) is 36.1 Å². The molecule has 0 spiro atoms. The maximum atomic E-state index is 12.2. The molecule has 0 radical (unpaired) electrons. The summed E-state index contributed by atoms with van der Waals surface area (Å²) in [6.07, 6.45) is 5.85. The summed E-state index contributed by atoms with van der Waals surface area (Å²) in [5.41, 5.74) is 2.77. The Kier molecular flexibility index (Phi) is 7.57. The molecule has 1 heterocycles. The van der Waals surface area contributed by atoms with Gasteiger partial charge in [0.1, 0.15) is 17.3 Å². The highest BCUT2D eigenvalue weighted by Gasteiger charge is 2.07. The molecule has 2 N–H and O–H groups in total. The van der Waals surface area contributed by atoms with Crippen LogP contribution in [0.3, 0.4) is 0 Å². The molecule has 0 saturated heterocycles. The normalized spacial score (nSPS) is 10.4. The molecule has 0 bridgehead atoms. The molecule has 0 atom stereocenters. The second kappa shape index (κ2) is 10.8. The van der Waals surface area contributed by atoms with Gasteiger partial charge >= 0.3 is 0 Å². The summed E-state index contributed by atoms with van der Waals surface area (Å²) >= 11 is 0. The second-order valence-corrected chi connectivity index (χ2v) is 6.66. The number of amides is 1. The van der Waals surface area contributed by atoms with E-state index in [1.165, 1.54) is 11.8 Å². The fraction of sp³-hybridized carbons (Fsp3) is 0.261. The molecule has 0 unspecified atom stereocenters. The van der Waals surface area contributed by atoms with Crippen LogP contribution in [0.4, 0.5) is 5.82 Å². The number of nitrogens with zero attached hydrogens (tertiary/aromatic N) is 2. The van der Waals surface area contributed by atoms with E-state index in [2.05, 4.69) is 44.9 Å². The molecule has 150 valence electrons. The molecule has 0 aliphatic carbocycles. The number of carbonyl (C=O) groups excluding carboxylic acids is 1. The van der Waals surface area contributed by atoms with Crippen molar-refractivity contribution in [2.24, 2.45) is 0 Å². The molecule has 2 aromatic carbocycles. The number of hydrogen-bond donors (Lipinski definition) is 2. The maximum Gasteiger partial charge on any atom is 0.271 e.